The Morgan fingerprint density at radius 1 is 1.44 bits per heavy atom. The molecule has 0 radical (unpaired) electrons. The van der Waals surface area contributed by atoms with Gasteiger partial charge in [-0.25, -0.2) is 4.79 Å². The predicted molar refractivity (Wildman–Crippen MR) is 62.7 cm³/mol. The van der Waals surface area contributed by atoms with E-state index in [2.05, 4.69) is 21.7 Å². The fourth-order valence-electron chi connectivity index (χ4n) is 1.39. The lowest BCUT2D eigenvalue weighted by atomic mass is 10.2. The summed E-state index contributed by atoms with van der Waals surface area (Å²) in [4.78, 5) is 13.3. The van der Waals surface area contributed by atoms with Crippen LogP contribution in [0, 0.1) is 0 Å². The van der Waals surface area contributed by atoms with Crippen LogP contribution in [0.25, 0.3) is 0 Å². The van der Waals surface area contributed by atoms with Crippen molar-refractivity contribution in [1.82, 2.24) is 0 Å². The summed E-state index contributed by atoms with van der Waals surface area (Å²) in [5.74, 6) is 0.192. The monoisotopic (exact) mass is 280 g/mol. The molecule has 1 aromatic carbocycles. The zero-order valence-corrected chi connectivity index (χ0v) is 9.94. The van der Waals surface area contributed by atoms with E-state index < -0.39 is 6.10 Å². The highest BCUT2D eigenvalue weighted by atomic mass is 79.9. The van der Waals surface area contributed by atoms with Crippen LogP contribution in [-0.2, 0) is 4.74 Å². The van der Waals surface area contributed by atoms with Crippen LogP contribution in [0.4, 0.5) is 0 Å². The minimum absolute atomic E-state index is 0.302. The van der Waals surface area contributed by atoms with Crippen molar-refractivity contribution in [2.75, 3.05) is 6.61 Å². The summed E-state index contributed by atoms with van der Waals surface area (Å²) in [6, 6.07) is 7.03. The summed E-state index contributed by atoms with van der Waals surface area (Å²) in [7, 11) is 0. The Balaban J connectivity index is 2.25. The molecule has 3 nitrogen and oxygen atoms in total. The van der Waals surface area contributed by atoms with Gasteiger partial charge in [-0.15, -0.1) is 5.73 Å². The molecule has 0 unspecified atom stereocenters. The topological polar surface area (TPSA) is 35.5 Å². The lowest BCUT2D eigenvalue weighted by Crippen LogP contribution is -2.18. The van der Waals surface area contributed by atoms with Gasteiger partial charge < -0.3 is 9.47 Å². The largest absolute Gasteiger partial charge is 0.488 e. The van der Waals surface area contributed by atoms with E-state index in [-0.39, 0.29) is 5.97 Å². The first-order valence-corrected chi connectivity index (χ1v) is 5.67. The zero-order valence-electron chi connectivity index (χ0n) is 8.35. The molecule has 2 rings (SSSR count). The summed E-state index contributed by atoms with van der Waals surface area (Å²) in [6.07, 6.45) is 1.23. The molecule has 1 aromatic rings. The van der Waals surface area contributed by atoms with E-state index in [1.165, 1.54) is 0 Å². The second-order valence-electron chi connectivity index (χ2n) is 3.19. The van der Waals surface area contributed by atoms with Crippen molar-refractivity contribution < 1.29 is 14.3 Å². The number of hydrogen-bond acceptors (Lipinski definition) is 3. The number of fused-ring (bicyclic) bond motifs is 1. The summed E-state index contributed by atoms with van der Waals surface area (Å²) >= 11 is 3.09. The molecule has 1 heterocycles. The second kappa shape index (κ2) is 5.01. The Morgan fingerprint density at radius 2 is 2.25 bits per heavy atom. The first-order valence-electron chi connectivity index (χ1n) is 4.75. The van der Waals surface area contributed by atoms with Gasteiger partial charge in [0, 0.05) is 11.1 Å². The normalized spacial score (nSPS) is 18.3. The van der Waals surface area contributed by atoms with E-state index in [1.54, 1.807) is 29.3 Å². The lowest BCUT2D eigenvalue weighted by molar-refractivity contribution is 0.0354. The van der Waals surface area contributed by atoms with E-state index in [9.17, 15) is 4.79 Å². The highest BCUT2D eigenvalue weighted by Crippen LogP contribution is 2.22. The molecule has 82 valence electrons. The van der Waals surface area contributed by atoms with Crippen molar-refractivity contribution in [2.45, 2.75) is 6.10 Å². The van der Waals surface area contributed by atoms with Gasteiger partial charge in [0.25, 0.3) is 0 Å². The van der Waals surface area contributed by atoms with Crippen molar-refractivity contribution in [1.29, 1.82) is 0 Å². The van der Waals surface area contributed by atoms with Crippen LogP contribution in [-0.4, -0.2) is 18.7 Å². The average Bonchev–Trinajstić information content (AvgIpc) is 2.47. The van der Waals surface area contributed by atoms with Crippen LogP contribution in [0.2, 0.25) is 0 Å². The van der Waals surface area contributed by atoms with Gasteiger partial charge >= 0.3 is 5.97 Å². The number of esters is 1. The number of rotatable bonds is 1. The minimum Gasteiger partial charge on any atom is -0.488 e. The molecule has 0 saturated carbocycles. The predicted octanol–water partition coefficient (Wildman–Crippen LogP) is 2.67. The maximum Gasteiger partial charge on any atom is 0.342 e. The molecule has 16 heavy (non-hydrogen) atoms. The third-order valence-corrected chi connectivity index (χ3v) is 2.38. The second-order valence-corrected chi connectivity index (χ2v) is 3.65. The third-order valence-electron chi connectivity index (χ3n) is 2.11. The third kappa shape index (κ3) is 2.35. The number of para-hydroxylation sites is 1. The van der Waals surface area contributed by atoms with Crippen LogP contribution >= 0.6 is 15.9 Å². The van der Waals surface area contributed by atoms with Gasteiger partial charge in [-0.1, -0.05) is 28.1 Å². The molecule has 1 aliphatic heterocycles. The number of ether oxygens (including phenoxy) is 2. The molecule has 1 aliphatic rings. The first-order chi connectivity index (χ1) is 7.81. The average molecular weight is 281 g/mol. The van der Waals surface area contributed by atoms with Crippen LogP contribution < -0.4 is 4.74 Å². The first kappa shape index (κ1) is 11.0. The Hall–Kier alpha value is -1.51. The van der Waals surface area contributed by atoms with Crippen molar-refractivity contribution in [2.24, 2.45) is 0 Å². The fraction of sp³-hybridized carbons (Fsp3) is 0.167. The van der Waals surface area contributed by atoms with Crippen LogP contribution in [0.3, 0.4) is 0 Å². The number of benzene rings is 1. The van der Waals surface area contributed by atoms with Crippen LogP contribution in [0.1, 0.15) is 10.4 Å². The van der Waals surface area contributed by atoms with Gasteiger partial charge in [0.05, 0.1) is 0 Å². The molecule has 0 saturated heterocycles. The number of halogens is 1. The summed E-state index contributed by atoms with van der Waals surface area (Å²) < 4.78 is 10.7. The quantitative estimate of drug-likeness (QED) is 0.586. The Bertz CT molecular complexity index is 461. The summed E-state index contributed by atoms with van der Waals surface area (Å²) in [6.45, 7) is 0.302. The van der Waals surface area contributed by atoms with Crippen molar-refractivity contribution in [3.63, 3.8) is 0 Å². The van der Waals surface area contributed by atoms with Gasteiger partial charge in [0.15, 0.2) is 6.10 Å². The Kier molecular flexibility index (Phi) is 3.44. The molecule has 0 spiro atoms. The molecule has 4 heteroatoms. The molecule has 0 aromatic heterocycles. The van der Waals surface area contributed by atoms with Crippen molar-refractivity contribution in [3.8, 4) is 5.75 Å². The fourth-order valence-corrected chi connectivity index (χ4v) is 1.55. The standard InChI is InChI=1S/C12H9BrO3/c13-7-3-4-9-8-15-11-6-2-1-5-10(11)12(14)16-9/h1-2,4-7,9H,8H2/t3?,9-/m0/s1. The smallest absolute Gasteiger partial charge is 0.342 e. The SMILES string of the molecule is O=C1O[C@@H](C=C=CBr)COc2ccccc21. The number of hydrogen-bond donors (Lipinski definition) is 0. The van der Waals surface area contributed by atoms with Crippen molar-refractivity contribution in [3.05, 3.63) is 46.6 Å². The molecule has 0 fully saturated rings. The molecule has 0 aliphatic carbocycles. The highest BCUT2D eigenvalue weighted by Gasteiger charge is 2.22. The molecule has 0 N–H and O–H groups in total. The van der Waals surface area contributed by atoms with Gasteiger partial charge in [-0.05, 0) is 12.1 Å². The zero-order chi connectivity index (χ0) is 11.4. The number of carbonyl (C=O) groups excluding carboxylic acids is 1. The van der Waals surface area contributed by atoms with Gasteiger partial charge in [-0.3, -0.25) is 0 Å². The van der Waals surface area contributed by atoms with E-state index in [4.69, 9.17) is 9.47 Å². The summed E-state index contributed by atoms with van der Waals surface area (Å²) in [5, 5.41) is 0. The molecule has 0 bridgehead atoms. The van der Waals surface area contributed by atoms with Crippen molar-refractivity contribution >= 4 is 21.9 Å². The Labute approximate surface area is 101 Å². The van der Waals surface area contributed by atoms with E-state index in [1.807, 2.05) is 6.07 Å². The van der Waals surface area contributed by atoms with E-state index in [0.717, 1.165) is 0 Å². The number of carbonyl (C=O) groups is 1. The van der Waals surface area contributed by atoms with Gasteiger partial charge in [0.2, 0.25) is 0 Å². The van der Waals surface area contributed by atoms with Gasteiger partial charge in [0.1, 0.15) is 17.9 Å². The molecular weight excluding hydrogens is 272 g/mol. The molecule has 1 atom stereocenters. The van der Waals surface area contributed by atoms with Crippen LogP contribution in [0.15, 0.2) is 41.1 Å². The maximum atomic E-state index is 11.7. The maximum absolute atomic E-state index is 11.7. The molecular formula is C12H9BrO3. The van der Waals surface area contributed by atoms with E-state index in [0.29, 0.717) is 17.9 Å². The molecule has 0 amide bonds. The minimum atomic E-state index is -0.409. The Morgan fingerprint density at radius 3 is 3.06 bits per heavy atom. The van der Waals surface area contributed by atoms with E-state index >= 15 is 0 Å². The van der Waals surface area contributed by atoms with Gasteiger partial charge in [-0.2, -0.15) is 0 Å². The number of cyclic esters (lactones) is 1. The summed E-state index contributed by atoms with van der Waals surface area (Å²) in [5.41, 5.74) is 3.26. The highest BCUT2D eigenvalue weighted by molar-refractivity contribution is 9.11. The van der Waals surface area contributed by atoms with Crippen LogP contribution in [0.5, 0.6) is 5.75 Å². The lowest BCUT2D eigenvalue weighted by Gasteiger charge is -2.07.